The standard InChI is InChI=1S/C24H66O18Si8.C22H59NO17Si8.C19H48O20Si8.4H2O/c1-25-44(18,39-43(15,16)17)40-50(38-14,24-20-46(29-5,30-6)31-7)42-49(36-12,37-13)23-22-48(34-10,35-11)41-47(32-8,33-9)21-19-45(26-2,27-3)28-4;1-24-42(15,25-2)38-48(34-11,40-46(31-8,32-9)20-18-19-23)39-44(17,27-4)37-47(33-10,22-21-45(28-5,29-6)30-7)36-43(16,26-3)35-41(12,13)14;1-19(20)31-13-14-44-35-45(38-46(28-9,29-10)37-44,18-16-42(24-5,25-6)26-7)33-40(12)32-43(27-8,36-47(30-11,34-40)39-44)17-15-41(21-2,22-3)23-4;;;;/h19-24H2,1-18H3;18,20-22H2,1-17H3;13-18H2,1-12H3;4*1H2. The van der Waals surface area contributed by atoms with Crippen LogP contribution in [0.3, 0.4) is 0 Å². The lowest BCUT2D eigenvalue weighted by molar-refractivity contribution is -0.140. The number of rotatable bonds is 78. The molecule has 0 amide bonds. The lowest BCUT2D eigenvalue weighted by Gasteiger charge is -2.56. The van der Waals surface area contributed by atoms with Gasteiger partial charge in [-0.2, -0.15) is 5.26 Å². The zero-order valence-electron chi connectivity index (χ0n) is 96.2. The van der Waals surface area contributed by atoms with E-state index in [1.54, 1.807) is 33.3 Å². The molecule has 3 heterocycles. The highest BCUT2D eigenvalue weighted by atomic mass is 28.6. The van der Waals surface area contributed by atoms with Crippen LogP contribution in [0.2, 0.25) is 157 Å². The number of fused-ring (bicyclic) bond motifs is 4. The van der Waals surface area contributed by atoms with Gasteiger partial charge in [0.25, 0.3) is 0 Å². The van der Waals surface area contributed by atoms with E-state index in [1.807, 2.05) is 45.8 Å². The maximum Gasteiger partial charge on any atom is 0.664 e. The summed E-state index contributed by atoms with van der Waals surface area (Å²) in [6, 6.07) is 4.50. The molecule has 3 rings (SSSR count). The lowest BCUT2D eigenvalue weighted by atomic mass is 10.6. The van der Waals surface area contributed by atoms with Crippen LogP contribution in [0, 0.1) is 11.3 Å². The minimum absolute atomic E-state index is 0. The second-order valence-electron chi connectivity index (χ2n) is 33.3. The van der Waals surface area contributed by atoms with Gasteiger partial charge in [-0.05, 0) is 39.3 Å². The summed E-state index contributed by atoms with van der Waals surface area (Å²) in [6.07, 6.45) is 0.0514. The fourth-order valence-electron chi connectivity index (χ4n) is 14.2. The molecular weight excluding hydrogens is 2410 g/mol. The first-order chi connectivity index (χ1) is 67.6. The van der Waals surface area contributed by atoms with Gasteiger partial charge in [0.2, 0.25) is 0 Å². The van der Waals surface area contributed by atoms with Gasteiger partial charge in [0, 0.05) is 373 Å². The lowest BCUT2D eigenvalue weighted by Crippen LogP contribution is -2.84. The molecule has 11 unspecified atom stereocenters. The Morgan fingerprint density at radius 3 is 0.805 bits per heavy atom. The molecule has 0 aromatic rings. The van der Waals surface area contributed by atoms with E-state index in [0.717, 1.165) is 0 Å². The van der Waals surface area contributed by atoms with Crippen LogP contribution in [0.15, 0.2) is 0 Å². The molecule has 0 spiro atoms. The highest BCUT2D eigenvalue weighted by Crippen LogP contribution is 2.50. The summed E-state index contributed by atoms with van der Waals surface area (Å²) in [5.41, 5.74) is 0. The van der Waals surface area contributed by atoms with Gasteiger partial charge in [-0.15, -0.1) is 0 Å². The molecule has 84 heteroatoms. The van der Waals surface area contributed by atoms with Gasteiger partial charge in [-0.3, -0.25) is 4.79 Å². The Bertz CT molecular complexity index is 3620. The highest BCUT2D eigenvalue weighted by molar-refractivity contribution is 6.98. The normalized spacial score (nSPS) is 22.2. The number of hydrogen-bond acceptors (Lipinski definition) is 56. The van der Waals surface area contributed by atoms with Crippen molar-refractivity contribution in [3.05, 3.63) is 0 Å². The van der Waals surface area contributed by atoms with Crippen LogP contribution < -0.4 is 0 Å². The SMILES string of the molecule is CO[Si](C)(O[Si](C)(C)C)O[Si](CC[Si](OC)(OC)OC)(OC)O[Si](C)(OC)O[Si](OC)(O[Si](C)(OC)OC)O[Si](CCC#N)(OC)OC.CO[Si](C)(O[Si](C)(C)C)O[Si](CC[Si](OC)(OC)OC)(OC)O[Si](CC[Si](OC)(OC)O[Si](CC[Si](OC)(OC)OC)(OC)OC)(OC)OC.CO[Si](CC[Si]12O[Si]3(C)O[Si](CC[Si](OC)(OC)OC)(OC)O[Si](OC)(O3)O[Si](CCOC(C)=O)(O1)O[Si](OC)(OC)O2)(OC)OC.O.O.O.O. The zero-order valence-corrected chi connectivity index (χ0v) is 120. The van der Waals surface area contributed by atoms with E-state index < -0.39 is 217 Å². The molecule has 60 nitrogen and oxygen atoms in total. The van der Waals surface area contributed by atoms with E-state index >= 15 is 0 Å². The smallest absolute Gasteiger partial charge is 0.466 e. The Morgan fingerprint density at radius 1 is 0.248 bits per heavy atom. The zero-order chi connectivity index (χ0) is 112. The summed E-state index contributed by atoms with van der Waals surface area (Å²) in [5.74, 6) is -0.531. The van der Waals surface area contributed by atoms with Crippen molar-refractivity contribution in [2.75, 3.05) is 255 Å². The molecule has 4 bridgehead atoms. The van der Waals surface area contributed by atoms with Crippen LogP contribution in [0.25, 0.3) is 0 Å². The number of carbonyl (C=O) groups is 1. The number of esters is 1. The molecule has 896 valence electrons. The monoisotopic (exact) mass is 2590 g/mol. The van der Waals surface area contributed by atoms with Gasteiger partial charge in [0.05, 0.1) is 18.7 Å². The Morgan fingerprint density at radius 2 is 0.523 bits per heavy atom. The molecule has 11 atom stereocenters. The molecule has 0 aromatic heterocycles. The van der Waals surface area contributed by atoms with Gasteiger partial charge in [-0.25, -0.2) is 0 Å². The molecule has 3 aliphatic heterocycles. The van der Waals surface area contributed by atoms with E-state index in [4.69, 9.17) is 234 Å². The predicted molar refractivity (Wildman–Crippen MR) is 576 cm³/mol. The largest absolute Gasteiger partial charge is 0.664 e. The second kappa shape index (κ2) is 68.7. The number of hydrogen-bond donors (Lipinski definition) is 0. The second-order valence-corrected chi connectivity index (χ2v) is 109. The molecule has 0 saturated carbocycles. The number of ether oxygens (including phenoxy) is 1. The van der Waals surface area contributed by atoms with Crippen LogP contribution in [0.5, 0.6) is 0 Å². The van der Waals surface area contributed by atoms with Crippen molar-refractivity contribution in [1.82, 2.24) is 0 Å². The molecule has 3 aliphatic rings. The fraction of sp³-hybridized carbons (Fsp3) is 0.969. The molecule has 149 heavy (non-hydrogen) atoms. The maximum atomic E-state index is 11.8. The van der Waals surface area contributed by atoms with Gasteiger partial charge in [0.1, 0.15) is 0 Å². The van der Waals surface area contributed by atoms with Crippen LogP contribution in [-0.2, 0) is 239 Å². The van der Waals surface area contributed by atoms with Gasteiger partial charge in [0.15, 0.2) is 16.6 Å². The molecule has 0 aromatic carbocycles. The highest BCUT2D eigenvalue weighted by Gasteiger charge is 2.81. The molecular formula is C65H181NO59Si24. The maximum absolute atomic E-state index is 11.8. The van der Waals surface area contributed by atoms with Crippen molar-refractivity contribution >= 4 is 217 Å². The first-order valence-electron chi connectivity index (χ1n) is 45.0. The summed E-state index contributed by atoms with van der Waals surface area (Å²) in [6.45, 7) is 21.7. The third-order valence-electron chi connectivity index (χ3n) is 22.6. The number of nitriles is 1. The molecule has 3 fully saturated rings. The Hall–Kier alpha value is 1.89. The van der Waals surface area contributed by atoms with Crippen LogP contribution in [0.1, 0.15) is 13.3 Å². The first kappa shape index (κ1) is 157. The average Bonchev–Trinajstić information content (AvgIpc) is 0.702. The van der Waals surface area contributed by atoms with Crippen molar-refractivity contribution in [2.24, 2.45) is 0 Å². The number of nitrogens with zero attached hydrogens (tertiary/aromatic N) is 1. The van der Waals surface area contributed by atoms with E-state index in [2.05, 4.69) is 6.07 Å². The summed E-state index contributed by atoms with van der Waals surface area (Å²) in [7, 11) is -34.2. The van der Waals surface area contributed by atoms with E-state index in [0.29, 0.717) is 18.1 Å². The third kappa shape index (κ3) is 45.3. The molecule has 0 aliphatic carbocycles. The van der Waals surface area contributed by atoms with Crippen LogP contribution in [-0.4, -0.2) is 494 Å². The van der Waals surface area contributed by atoms with Crippen LogP contribution in [0.4, 0.5) is 0 Å². The molecule has 8 N–H and O–H groups in total. The van der Waals surface area contributed by atoms with Crippen molar-refractivity contribution in [3.63, 3.8) is 0 Å². The van der Waals surface area contributed by atoms with Gasteiger partial charge < -0.3 is 256 Å². The van der Waals surface area contributed by atoms with E-state index in [-0.39, 0.29) is 101 Å². The van der Waals surface area contributed by atoms with E-state index in [9.17, 15) is 10.1 Å². The predicted octanol–water partition coefficient (Wildman–Crippen LogP) is 3.07. The summed E-state index contributed by atoms with van der Waals surface area (Å²) >= 11 is 0. The minimum atomic E-state index is -4.50. The van der Waals surface area contributed by atoms with Crippen molar-refractivity contribution in [1.29, 1.82) is 5.26 Å². The first-order valence-corrected chi connectivity index (χ1v) is 94.9. The van der Waals surface area contributed by atoms with Crippen molar-refractivity contribution in [2.45, 2.75) is 170 Å². The topological polar surface area (TPSA) is 665 Å². The van der Waals surface area contributed by atoms with Gasteiger partial charge in [-0.1, -0.05) is 0 Å². The van der Waals surface area contributed by atoms with Crippen molar-refractivity contribution < 1.29 is 260 Å². The fourth-order valence-corrected chi connectivity index (χ4v) is 107. The minimum Gasteiger partial charge on any atom is -0.466 e. The molecule has 3 saturated heterocycles. The summed E-state index contributed by atoms with van der Waals surface area (Å²) in [4.78, 5) is 11.8. The Balaban J connectivity index is -0.00000104. The van der Waals surface area contributed by atoms with Crippen molar-refractivity contribution in [3.8, 4) is 6.07 Å². The average molecular weight is 2600 g/mol. The Kier molecular flexibility index (Phi) is 72.5. The van der Waals surface area contributed by atoms with Gasteiger partial charge >= 0.3 is 200 Å². The quantitative estimate of drug-likeness (QED) is 0.0623. The number of carbonyl (C=O) groups excluding carboxylic acids is 1. The summed E-state index contributed by atoms with van der Waals surface area (Å²) in [5, 5.41) is 9.36. The van der Waals surface area contributed by atoms with Crippen LogP contribution >= 0.6 is 0 Å². The summed E-state index contributed by atoms with van der Waals surface area (Å²) < 4.78 is 328. The molecule has 0 radical (unpaired) electrons. The van der Waals surface area contributed by atoms with E-state index in [1.165, 1.54) is 249 Å². The Labute approximate surface area is 908 Å². The third-order valence-corrected chi connectivity index (χ3v) is 107.